The van der Waals surface area contributed by atoms with E-state index in [2.05, 4.69) is 39.8 Å². The van der Waals surface area contributed by atoms with Gasteiger partial charge in [-0.3, -0.25) is 0 Å². The van der Waals surface area contributed by atoms with Crippen molar-refractivity contribution in [3.8, 4) is 5.75 Å². The highest BCUT2D eigenvalue weighted by Gasteiger charge is 2.03. The smallest absolute Gasteiger partial charge is 0.122 e. The van der Waals surface area contributed by atoms with Crippen LogP contribution in [0.1, 0.15) is 30.0 Å². The fourth-order valence-electron chi connectivity index (χ4n) is 1.65. The van der Waals surface area contributed by atoms with E-state index in [1.807, 2.05) is 0 Å². The molecule has 1 aromatic carbocycles. The first-order valence-electron chi connectivity index (χ1n) is 6.58. The maximum absolute atomic E-state index is 5.76. The zero-order valence-corrected chi connectivity index (χ0v) is 12.0. The second kappa shape index (κ2) is 7.39. The summed E-state index contributed by atoms with van der Waals surface area (Å²) in [6, 6.07) is 4.37. The van der Waals surface area contributed by atoms with Crippen molar-refractivity contribution in [2.45, 2.75) is 40.2 Å². The Morgan fingerprint density at radius 3 is 2.39 bits per heavy atom. The Labute approximate surface area is 110 Å². The van der Waals surface area contributed by atoms with Gasteiger partial charge in [-0.25, -0.2) is 0 Å². The molecule has 3 nitrogen and oxygen atoms in total. The van der Waals surface area contributed by atoms with Crippen LogP contribution in [-0.4, -0.2) is 25.9 Å². The molecule has 0 bridgehead atoms. The van der Waals surface area contributed by atoms with Gasteiger partial charge in [-0.2, -0.15) is 0 Å². The first kappa shape index (κ1) is 15.0. The molecule has 1 rings (SSSR count). The monoisotopic (exact) mass is 251 g/mol. The van der Waals surface area contributed by atoms with Crippen molar-refractivity contribution in [3.05, 3.63) is 28.8 Å². The molecule has 0 aliphatic carbocycles. The van der Waals surface area contributed by atoms with Crippen molar-refractivity contribution < 1.29 is 9.47 Å². The number of rotatable bonds is 7. The van der Waals surface area contributed by atoms with Gasteiger partial charge in [0.1, 0.15) is 12.4 Å². The minimum atomic E-state index is 0.133. The van der Waals surface area contributed by atoms with Crippen molar-refractivity contribution in [1.82, 2.24) is 0 Å². The lowest BCUT2D eigenvalue weighted by atomic mass is 10.1. The third-order valence-corrected chi connectivity index (χ3v) is 3.13. The van der Waals surface area contributed by atoms with Crippen molar-refractivity contribution in [3.63, 3.8) is 0 Å². The lowest BCUT2D eigenvalue weighted by Gasteiger charge is -2.13. The van der Waals surface area contributed by atoms with E-state index >= 15 is 0 Å². The summed E-state index contributed by atoms with van der Waals surface area (Å²) in [6.45, 7) is 10.1. The Hall–Kier alpha value is -1.06. The van der Waals surface area contributed by atoms with Crippen LogP contribution in [0.5, 0.6) is 5.75 Å². The molecule has 0 amide bonds. The van der Waals surface area contributed by atoms with Gasteiger partial charge in [0.15, 0.2) is 0 Å². The normalized spacial score (nSPS) is 12.5. The van der Waals surface area contributed by atoms with Gasteiger partial charge in [0, 0.05) is 6.04 Å². The lowest BCUT2D eigenvalue weighted by molar-refractivity contribution is 0.0895. The minimum absolute atomic E-state index is 0.133. The summed E-state index contributed by atoms with van der Waals surface area (Å²) in [4.78, 5) is 0. The van der Waals surface area contributed by atoms with Crippen molar-refractivity contribution in [1.29, 1.82) is 0 Å². The quantitative estimate of drug-likeness (QED) is 0.758. The van der Waals surface area contributed by atoms with Crippen LogP contribution in [-0.2, 0) is 4.74 Å². The van der Waals surface area contributed by atoms with E-state index in [0.717, 1.165) is 12.2 Å². The van der Waals surface area contributed by atoms with E-state index in [9.17, 15) is 0 Å². The van der Waals surface area contributed by atoms with Crippen molar-refractivity contribution >= 4 is 0 Å². The third kappa shape index (κ3) is 4.67. The molecule has 0 saturated heterocycles. The highest BCUT2D eigenvalue weighted by atomic mass is 16.5. The van der Waals surface area contributed by atoms with E-state index in [0.29, 0.717) is 19.8 Å². The second-order valence-electron chi connectivity index (χ2n) is 4.79. The van der Waals surface area contributed by atoms with Crippen LogP contribution in [0.3, 0.4) is 0 Å². The molecule has 0 saturated carbocycles. The number of benzene rings is 1. The van der Waals surface area contributed by atoms with Gasteiger partial charge in [0.2, 0.25) is 0 Å². The molecule has 2 N–H and O–H groups in total. The Bertz CT molecular complexity index is 377. The Kier molecular flexibility index (Phi) is 6.16. The van der Waals surface area contributed by atoms with Crippen LogP contribution in [0.4, 0.5) is 0 Å². The molecule has 102 valence electrons. The van der Waals surface area contributed by atoms with Crippen LogP contribution >= 0.6 is 0 Å². The predicted octanol–water partition coefficient (Wildman–Crippen LogP) is 2.74. The van der Waals surface area contributed by atoms with Gasteiger partial charge in [-0.05, 0) is 49.9 Å². The largest absolute Gasteiger partial charge is 0.491 e. The maximum Gasteiger partial charge on any atom is 0.122 e. The van der Waals surface area contributed by atoms with Crippen LogP contribution in [0.15, 0.2) is 12.1 Å². The van der Waals surface area contributed by atoms with E-state index < -0.39 is 0 Å². The summed E-state index contributed by atoms with van der Waals surface area (Å²) in [7, 11) is 0. The predicted molar refractivity (Wildman–Crippen MR) is 75.2 cm³/mol. The molecule has 0 aliphatic heterocycles. The average Bonchev–Trinajstić information content (AvgIpc) is 2.34. The summed E-state index contributed by atoms with van der Waals surface area (Å²) in [5, 5.41) is 0. The molecule has 0 heterocycles. The first-order valence-corrected chi connectivity index (χ1v) is 6.58. The number of hydrogen-bond donors (Lipinski definition) is 1. The molecular weight excluding hydrogens is 226 g/mol. The molecule has 0 spiro atoms. The molecule has 0 aromatic heterocycles. The standard InChI is InChI=1S/C15H25NO2/c1-5-14(16)10-17-6-7-18-15-9-12(3)11(2)8-13(15)4/h8-9,14H,5-7,10,16H2,1-4H3. The topological polar surface area (TPSA) is 44.5 Å². The summed E-state index contributed by atoms with van der Waals surface area (Å²) in [5.74, 6) is 0.946. The van der Waals surface area contributed by atoms with Gasteiger partial charge >= 0.3 is 0 Å². The molecular formula is C15H25NO2. The zero-order chi connectivity index (χ0) is 13.5. The summed E-state index contributed by atoms with van der Waals surface area (Å²) < 4.78 is 11.2. The number of aryl methyl sites for hydroxylation is 3. The Morgan fingerprint density at radius 1 is 1.06 bits per heavy atom. The summed E-state index contributed by atoms with van der Waals surface area (Å²) in [6.07, 6.45) is 0.942. The lowest BCUT2D eigenvalue weighted by Crippen LogP contribution is -2.26. The Morgan fingerprint density at radius 2 is 1.72 bits per heavy atom. The van der Waals surface area contributed by atoms with E-state index in [4.69, 9.17) is 15.2 Å². The van der Waals surface area contributed by atoms with Gasteiger partial charge in [0.25, 0.3) is 0 Å². The molecule has 1 atom stereocenters. The van der Waals surface area contributed by atoms with Crippen LogP contribution < -0.4 is 10.5 Å². The number of nitrogens with two attached hydrogens (primary N) is 1. The first-order chi connectivity index (χ1) is 8.54. The highest BCUT2D eigenvalue weighted by molar-refractivity contribution is 5.40. The molecule has 3 heteroatoms. The molecule has 1 aromatic rings. The second-order valence-corrected chi connectivity index (χ2v) is 4.79. The molecule has 0 fully saturated rings. The van der Waals surface area contributed by atoms with E-state index in [1.165, 1.54) is 16.7 Å². The molecule has 18 heavy (non-hydrogen) atoms. The van der Waals surface area contributed by atoms with Gasteiger partial charge < -0.3 is 15.2 Å². The third-order valence-electron chi connectivity index (χ3n) is 3.13. The number of ether oxygens (including phenoxy) is 2. The number of hydrogen-bond acceptors (Lipinski definition) is 3. The average molecular weight is 251 g/mol. The van der Waals surface area contributed by atoms with Gasteiger partial charge in [0.05, 0.1) is 13.2 Å². The molecule has 0 aliphatic rings. The van der Waals surface area contributed by atoms with Crippen LogP contribution in [0.2, 0.25) is 0 Å². The maximum atomic E-state index is 5.76. The molecule has 1 unspecified atom stereocenters. The van der Waals surface area contributed by atoms with Crippen LogP contribution in [0.25, 0.3) is 0 Å². The highest BCUT2D eigenvalue weighted by Crippen LogP contribution is 2.22. The van der Waals surface area contributed by atoms with Gasteiger partial charge in [-0.15, -0.1) is 0 Å². The molecule has 0 radical (unpaired) electrons. The Balaban J connectivity index is 2.33. The summed E-state index contributed by atoms with van der Waals surface area (Å²) in [5.41, 5.74) is 9.48. The SMILES string of the molecule is CCC(N)COCCOc1cc(C)c(C)cc1C. The fraction of sp³-hybridized carbons (Fsp3) is 0.600. The van der Waals surface area contributed by atoms with E-state index in [-0.39, 0.29) is 6.04 Å². The minimum Gasteiger partial charge on any atom is -0.491 e. The van der Waals surface area contributed by atoms with Gasteiger partial charge in [-0.1, -0.05) is 13.0 Å². The van der Waals surface area contributed by atoms with Crippen LogP contribution in [0, 0.1) is 20.8 Å². The van der Waals surface area contributed by atoms with Crippen molar-refractivity contribution in [2.75, 3.05) is 19.8 Å². The fourth-order valence-corrected chi connectivity index (χ4v) is 1.65. The summed E-state index contributed by atoms with van der Waals surface area (Å²) >= 11 is 0. The van der Waals surface area contributed by atoms with E-state index in [1.54, 1.807) is 0 Å². The van der Waals surface area contributed by atoms with Crippen molar-refractivity contribution in [2.24, 2.45) is 5.73 Å². The zero-order valence-electron chi connectivity index (χ0n) is 12.0.